The summed E-state index contributed by atoms with van der Waals surface area (Å²) in [7, 11) is 1.57. The van der Waals surface area contributed by atoms with Gasteiger partial charge in [0.25, 0.3) is 0 Å². The predicted molar refractivity (Wildman–Crippen MR) is 119 cm³/mol. The summed E-state index contributed by atoms with van der Waals surface area (Å²) in [6.07, 6.45) is 3.13. The molecule has 0 saturated carbocycles. The van der Waals surface area contributed by atoms with Gasteiger partial charge in [0.2, 0.25) is 11.8 Å². The minimum absolute atomic E-state index is 0.0112. The molecule has 9 heteroatoms. The number of carbonyl (C=O) groups excluding carboxylic acids is 2. The van der Waals surface area contributed by atoms with E-state index in [4.69, 9.17) is 4.74 Å². The average Bonchev–Trinajstić information content (AvgIpc) is 3.32. The van der Waals surface area contributed by atoms with Gasteiger partial charge >= 0.3 is 0 Å². The van der Waals surface area contributed by atoms with Gasteiger partial charge in [0.05, 0.1) is 25.4 Å². The molecule has 0 aliphatic rings. The summed E-state index contributed by atoms with van der Waals surface area (Å²) in [5.74, 6) is -0.177. The second-order valence-electron chi connectivity index (χ2n) is 7.35. The van der Waals surface area contributed by atoms with Crippen molar-refractivity contribution in [3.8, 4) is 5.75 Å². The van der Waals surface area contributed by atoms with Gasteiger partial charge < -0.3 is 20.4 Å². The van der Waals surface area contributed by atoms with Crippen molar-refractivity contribution >= 4 is 34.1 Å². The van der Waals surface area contributed by atoms with Crippen LogP contribution in [0.5, 0.6) is 5.75 Å². The molecular weight excluding hydrogens is 413 g/mol. The van der Waals surface area contributed by atoms with Crippen molar-refractivity contribution in [3.05, 3.63) is 71.9 Å². The third kappa shape index (κ3) is 4.77. The number of hydrogen-bond acceptors (Lipinski definition) is 4. The number of H-pyrrole nitrogens is 1. The Morgan fingerprint density at radius 3 is 2.59 bits per heavy atom. The molecule has 0 saturated heterocycles. The SMILES string of the molecule is COc1ccc(NC(=O)Cn2cc(NC(=O)Cc3c(C)[nH]c4ccc(F)cc34)cn2)cc1. The molecule has 2 aromatic heterocycles. The van der Waals surface area contributed by atoms with Crippen LogP contribution in [0.2, 0.25) is 0 Å². The zero-order valence-electron chi connectivity index (χ0n) is 17.6. The summed E-state index contributed by atoms with van der Waals surface area (Å²) in [6, 6.07) is 11.4. The first kappa shape index (κ1) is 21.1. The number of aromatic nitrogens is 3. The lowest BCUT2D eigenvalue weighted by Crippen LogP contribution is -2.19. The number of aryl methyl sites for hydroxylation is 1. The van der Waals surface area contributed by atoms with Gasteiger partial charge in [0.1, 0.15) is 18.1 Å². The molecule has 2 amide bonds. The number of amides is 2. The summed E-state index contributed by atoms with van der Waals surface area (Å²) >= 11 is 0. The fourth-order valence-electron chi connectivity index (χ4n) is 3.48. The van der Waals surface area contributed by atoms with Gasteiger partial charge in [-0.05, 0) is 55.0 Å². The predicted octanol–water partition coefficient (Wildman–Crippen LogP) is 3.64. The fraction of sp³-hybridized carbons (Fsp3) is 0.174. The molecule has 8 nitrogen and oxygen atoms in total. The van der Waals surface area contributed by atoms with Gasteiger partial charge in [-0.1, -0.05) is 0 Å². The number of fused-ring (bicyclic) bond motifs is 1. The van der Waals surface area contributed by atoms with E-state index in [9.17, 15) is 14.0 Å². The van der Waals surface area contributed by atoms with Gasteiger partial charge in [-0.3, -0.25) is 14.3 Å². The summed E-state index contributed by atoms with van der Waals surface area (Å²) in [4.78, 5) is 27.9. The Bertz CT molecular complexity index is 1280. The molecule has 0 atom stereocenters. The maximum Gasteiger partial charge on any atom is 0.246 e. The third-order valence-corrected chi connectivity index (χ3v) is 5.02. The molecule has 0 fully saturated rings. The highest BCUT2D eigenvalue weighted by atomic mass is 19.1. The number of nitrogens with zero attached hydrogens (tertiary/aromatic N) is 2. The molecule has 164 valence electrons. The molecule has 0 radical (unpaired) electrons. The number of benzene rings is 2. The number of hydrogen-bond donors (Lipinski definition) is 3. The van der Waals surface area contributed by atoms with E-state index in [0.29, 0.717) is 22.5 Å². The molecule has 4 aromatic rings. The van der Waals surface area contributed by atoms with Crippen LogP contribution in [0.1, 0.15) is 11.3 Å². The second-order valence-corrected chi connectivity index (χ2v) is 7.35. The van der Waals surface area contributed by atoms with Crippen LogP contribution in [0.4, 0.5) is 15.8 Å². The molecule has 0 aliphatic carbocycles. The van der Waals surface area contributed by atoms with Gasteiger partial charge in [-0.25, -0.2) is 4.39 Å². The molecule has 3 N–H and O–H groups in total. The van der Waals surface area contributed by atoms with Crippen LogP contribution in [0, 0.1) is 12.7 Å². The first-order chi connectivity index (χ1) is 15.4. The number of halogens is 1. The maximum absolute atomic E-state index is 13.6. The van der Waals surface area contributed by atoms with Gasteiger partial charge in [-0.15, -0.1) is 0 Å². The zero-order chi connectivity index (χ0) is 22.7. The second kappa shape index (κ2) is 8.93. The lowest BCUT2D eigenvalue weighted by atomic mass is 10.1. The molecule has 4 rings (SSSR count). The van der Waals surface area contributed by atoms with Crippen molar-refractivity contribution in [1.82, 2.24) is 14.8 Å². The number of nitrogens with one attached hydrogen (secondary N) is 3. The van der Waals surface area contributed by atoms with Crippen molar-refractivity contribution in [2.24, 2.45) is 0 Å². The molecule has 2 heterocycles. The number of anilines is 2. The number of methoxy groups -OCH3 is 1. The normalized spacial score (nSPS) is 10.8. The van der Waals surface area contributed by atoms with Crippen LogP contribution < -0.4 is 15.4 Å². The van der Waals surface area contributed by atoms with Gasteiger partial charge in [0.15, 0.2) is 0 Å². The smallest absolute Gasteiger partial charge is 0.246 e. The standard InChI is InChI=1S/C23H22FN5O3/c1-14-19(20-9-15(24)3-8-21(20)26-14)10-22(30)28-17-11-25-29(12-17)13-23(31)27-16-4-6-18(32-2)7-5-16/h3-9,11-12,26H,10,13H2,1-2H3,(H,27,31)(H,28,30). The van der Waals surface area contributed by atoms with Crippen molar-refractivity contribution < 1.29 is 18.7 Å². The highest BCUT2D eigenvalue weighted by molar-refractivity contribution is 5.96. The van der Waals surface area contributed by atoms with Gasteiger partial charge in [0, 0.05) is 28.5 Å². The Kier molecular flexibility index (Phi) is 5.89. The van der Waals surface area contributed by atoms with Crippen LogP contribution in [-0.4, -0.2) is 33.7 Å². The molecule has 32 heavy (non-hydrogen) atoms. The van der Waals surface area contributed by atoms with Crippen LogP contribution in [0.3, 0.4) is 0 Å². The summed E-state index contributed by atoms with van der Waals surface area (Å²) in [6.45, 7) is 1.84. The van der Waals surface area contributed by atoms with E-state index in [1.54, 1.807) is 43.6 Å². The molecule has 0 bridgehead atoms. The number of carbonyl (C=O) groups is 2. The Hall–Kier alpha value is -4.14. The molecule has 0 spiro atoms. The topological polar surface area (TPSA) is 101 Å². The quantitative estimate of drug-likeness (QED) is 0.413. The van der Waals surface area contributed by atoms with Crippen molar-refractivity contribution in [1.29, 1.82) is 0 Å². The Labute approximate surface area is 183 Å². The first-order valence-corrected chi connectivity index (χ1v) is 9.94. The minimum atomic E-state index is -0.354. The van der Waals surface area contributed by atoms with E-state index in [1.165, 1.54) is 23.0 Å². The van der Waals surface area contributed by atoms with Crippen LogP contribution >= 0.6 is 0 Å². The lowest BCUT2D eigenvalue weighted by Gasteiger charge is -2.06. The largest absolute Gasteiger partial charge is 0.497 e. The fourth-order valence-corrected chi connectivity index (χ4v) is 3.48. The van der Waals surface area contributed by atoms with Crippen LogP contribution in [0.25, 0.3) is 10.9 Å². The van der Waals surface area contributed by atoms with E-state index in [-0.39, 0.29) is 30.6 Å². The minimum Gasteiger partial charge on any atom is -0.497 e. The zero-order valence-corrected chi connectivity index (χ0v) is 17.6. The number of aromatic amines is 1. The summed E-state index contributed by atoms with van der Waals surface area (Å²) in [5.41, 5.74) is 3.44. The Morgan fingerprint density at radius 2 is 1.84 bits per heavy atom. The van der Waals surface area contributed by atoms with Gasteiger partial charge in [-0.2, -0.15) is 5.10 Å². The van der Waals surface area contributed by atoms with E-state index in [2.05, 4.69) is 20.7 Å². The van der Waals surface area contributed by atoms with Crippen LogP contribution in [0.15, 0.2) is 54.9 Å². The number of rotatable bonds is 7. The highest BCUT2D eigenvalue weighted by Gasteiger charge is 2.14. The monoisotopic (exact) mass is 435 g/mol. The Morgan fingerprint density at radius 1 is 1.09 bits per heavy atom. The van der Waals surface area contributed by atoms with Crippen LogP contribution in [-0.2, 0) is 22.6 Å². The van der Waals surface area contributed by atoms with E-state index in [1.807, 2.05) is 6.92 Å². The third-order valence-electron chi connectivity index (χ3n) is 5.02. The molecule has 0 unspecified atom stereocenters. The van der Waals surface area contributed by atoms with Crippen molar-refractivity contribution in [3.63, 3.8) is 0 Å². The lowest BCUT2D eigenvalue weighted by molar-refractivity contribution is -0.117. The van der Waals surface area contributed by atoms with E-state index >= 15 is 0 Å². The van der Waals surface area contributed by atoms with Crippen molar-refractivity contribution in [2.75, 3.05) is 17.7 Å². The van der Waals surface area contributed by atoms with E-state index < -0.39 is 0 Å². The first-order valence-electron chi connectivity index (χ1n) is 9.94. The average molecular weight is 435 g/mol. The molecule has 2 aromatic carbocycles. The molecule has 0 aliphatic heterocycles. The summed E-state index contributed by atoms with van der Waals surface area (Å²) < 4.78 is 20.1. The summed E-state index contributed by atoms with van der Waals surface area (Å²) in [5, 5.41) is 10.3. The highest BCUT2D eigenvalue weighted by Crippen LogP contribution is 2.24. The van der Waals surface area contributed by atoms with E-state index in [0.717, 1.165) is 16.8 Å². The van der Waals surface area contributed by atoms with Crippen molar-refractivity contribution in [2.45, 2.75) is 19.9 Å². The maximum atomic E-state index is 13.6. The number of ether oxygens (including phenoxy) is 1. The Balaban J connectivity index is 1.35. The molecular formula is C23H22FN5O3.